The lowest BCUT2D eigenvalue weighted by atomic mass is 9.92. The van der Waals surface area contributed by atoms with Crippen molar-refractivity contribution < 1.29 is 22.3 Å². The lowest BCUT2D eigenvalue weighted by Crippen LogP contribution is -2.33. The monoisotopic (exact) mass is 599 g/mol. The molecule has 0 aliphatic heterocycles. The number of anilines is 2. The Morgan fingerprint density at radius 3 is 2.59 bits per heavy atom. The second-order valence-corrected chi connectivity index (χ2v) is 12.7. The van der Waals surface area contributed by atoms with Crippen molar-refractivity contribution in [3.05, 3.63) is 76.4 Å². The quantitative estimate of drug-likeness (QED) is 0.224. The van der Waals surface area contributed by atoms with Crippen LogP contribution >= 0.6 is 11.6 Å². The van der Waals surface area contributed by atoms with E-state index in [0.717, 1.165) is 37.8 Å². The highest BCUT2D eigenvalue weighted by Gasteiger charge is 2.30. The van der Waals surface area contributed by atoms with Crippen molar-refractivity contribution in [3.63, 3.8) is 0 Å². The third-order valence-corrected chi connectivity index (χ3v) is 9.48. The number of aromatic nitrogens is 2. The molecule has 0 saturated heterocycles. The Bertz CT molecular complexity index is 1760. The van der Waals surface area contributed by atoms with E-state index >= 15 is 4.39 Å². The topological polar surface area (TPSA) is 130 Å². The fourth-order valence-electron chi connectivity index (χ4n) is 5.67. The number of halogens is 3. The maximum absolute atomic E-state index is 15.7. The molecule has 0 radical (unpaired) electrons. The molecular formula is C29H28ClF2N5O3S. The van der Waals surface area contributed by atoms with Gasteiger partial charge in [-0.3, -0.25) is 4.72 Å². The Labute approximate surface area is 241 Å². The van der Waals surface area contributed by atoms with Crippen LogP contribution in [0.15, 0.2) is 53.6 Å². The zero-order valence-electron chi connectivity index (χ0n) is 21.9. The smallest absolute Gasteiger partial charge is 0.262 e. The van der Waals surface area contributed by atoms with Gasteiger partial charge in [0.1, 0.15) is 5.82 Å². The largest absolute Gasteiger partial charge is 0.388 e. The molecule has 1 atom stereocenters. The Hall–Kier alpha value is -3.38. The average molecular weight is 600 g/mol. The van der Waals surface area contributed by atoms with Crippen molar-refractivity contribution in [2.75, 3.05) is 10.0 Å². The van der Waals surface area contributed by atoms with Crippen LogP contribution in [-0.4, -0.2) is 35.6 Å². The minimum absolute atomic E-state index is 0.130. The van der Waals surface area contributed by atoms with Gasteiger partial charge in [-0.25, -0.2) is 27.2 Å². The molecule has 0 spiro atoms. The molecule has 214 valence electrons. The first-order valence-electron chi connectivity index (χ1n) is 13.4. The number of fused-ring (bicyclic) bond motifs is 2. The summed E-state index contributed by atoms with van der Waals surface area (Å²) in [6.07, 6.45) is 5.17. The Kier molecular flexibility index (Phi) is 7.31. The molecule has 1 unspecified atom stereocenters. The van der Waals surface area contributed by atoms with E-state index in [1.165, 1.54) is 18.2 Å². The van der Waals surface area contributed by atoms with Crippen molar-refractivity contribution in [2.24, 2.45) is 5.73 Å². The van der Waals surface area contributed by atoms with E-state index in [2.05, 4.69) is 20.0 Å². The third kappa shape index (κ3) is 5.46. The van der Waals surface area contributed by atoms with Gasteiger partial charge >= 0.3 is 0 Å². The summed E-state index contributed by atoms with van der Waals surface area (Å²) in [4.78, 5) is 8.78. The second-order valence-electron chi connectivity index (χ2n) is 10.6. The maximum atomic E-state index is 15.7. The Morgan fingerprint density at radius 1 is 1.02 bits per heavy atom. The second kappa shape index (κ2) is 10.8. The van der Waals surface area contributed by atoms with Crippen molar-refractivity contribution in [3.8, 4) is 11.1 Å². The highest BCUT2D eigenvalue weighted by molar-refractivity contribution is 7.92. The number of benzene rings is 3. The van der Waals surface area contributed by atoms with Gasteiger partial charge in [0.2, 0.25) is 5.95 Å². The summed E-state index contributed by atoms with van der Waals surface area (Å²) in [5.74, 6) is -1.45. The van der Waals surface area contributed by atoms with E-state index in [9.17, 15) is 17.9 Å². The predicted molar refractivity (Wildman–Crippen MR) is 154 cm³/mol. The molecule has 2 aliphatic rings. The first-order valence-corrected chi connectivity index (χ1v) is 15.3. The van der Waals surface area contributed by atoms with E-state index in [1.54, 1.807) is 18.3 Å². The fraction of sp³-hybridized carbons (Fsp3) is 0.310. The van der Waals surface area contributed by atoms with Crippen LogP contribution in [0.5, 0.6) is 0 Å². The number of nitrogens with two attached hydrogens (primary N) is 1. The zero-order valence-corrected chi connectivity index (χ0v) is 23.4. The van der Waals surface area contributed by atoms with Crippen LogP contribution in [0.25, 0.3) is 22.0 Å². The number of aliphatic hydroxyl groups is 1. The molecule has 1 saturated carbocycles. The molecule has 5 N–H and O–H groups in total. The molecule has 0 bridgehead atoms. The molecule has 1 fully saturated rings. The normalized spacial score (nSPS) is 20.7. The number of hydrogen-bond donors (Lipinski definition) is 4. The number of rotatable bonds is 6. The molecule has 4 aromatic rings. The average Bonchev–Trinajstić information content (AvgIpc) is 3.31. The van der Waals surface area contributed by atoms with Crippen LogP contribution in [0.1, 0.15) is 49.3 Å². The van der Waals surface area contributed by atoms with E-state index in [-0.39, 0.29) is 33.1 Å². The molecule has 6 rings (SSSR count). The van der Waals surface area contributed by atoms with Crippen molar-refractivity contribution in [1.82, 2.24) is 9.97 Å². The molecule has 41 heavy (non-hydrogen) atoms. The molecule has 2 aliphatic carbocycles. The van der Waals surface area contributed by atoms with Crippen LogP contribution in [0.2, 0.25) is 5.02 Å². The molecular weight excluding hydrogens is 572 g/mol. The molecule has 3 aromatic carbocycles. The van der Waals surface area contributed by atoms with Gasteiger partial charge in [0, 0.05) is 28.7 Å². The maximum Gasteiger partial charge on any atom is 0.262 e. The molecule has 1 heterocycles. The summed E-state index contributed by atoms with van der Waals surface area (Å²) in [7, 11) is -4.32. The van der Waals surface area contributed by atoms with Gasteiger partial charge in [0.25, 0.3) is 10.0 Å². The van der Waals surface area contributed by atoms with Crippen molar-refractivity contribution in [2.45, 2.75) is 61.6 Å². The van der Waals surface area contributed by atoms with Gasteiger partial charge in [0.15, 0.2) is 5.82 Å². The molecule has 12 heteroatoms. The summed E-state index contributed by atoms with van der Waals surface area (Å²) in [5, 5.41) is 14.2. The third-order valence-electron chi connectivity index (χ3n) is 7.83. The van der Waals surface area contributed by atoms with Gasteiger partial charge in [-0.2, -0.15) is 0 Å². The van der Waals surface area contributed by atoms with E-state index < -0.39 is 33.4 Å². The lowest BCUT2D eigenvalue weighted by molar-refractivity contribution is 0.180. The first kappa shape index (κ1) is 27.8. The summed E-state index contributed by atoms with van der Waals surface area (Å²) in [6, 6.07) is 10.0. The van der Waals surface area contributed by atoms with Crippen LogP contribution in [0, 0.1) is 11.6 Å². The first-order chi connectivity index (χ1) is 19.6. The Morgan fingerprint density at radius 2 is 1.80 bits per heavy atom. The van der Waals surface area contributed by atoms with Gasteiger partial charge < -0.3 is 16.2 Å². The van der Waals surface area contributed by atoms with Gasteiger partial charge in [-0.1, -0.05) is 17.7 Å². The standard InChI is InChI=1S/C29H28ClF2N5O3S/c30-17-12-21-20(6-10-25(21)38)26(13-17)41(39,40)37-24-9-7-22(31)27(28(24)32)15-1-8-23-16(11-15)14-34-29(36-23)35-19-4-2-18(33)3-5-19/h1,7-9,11-14,18-19,25,37-38H,2-6,10,33H2,(H,34,35,36). The number of nitrogens with zero attached hydrogens (tertiary/aromatic N) is 2. The van der Waals surface area contributed by atoms with E-state index in [0.29, 0.717) is 40.8 Å². The summed E-state index contributed by atoms with van der Waals surface area (Å²) in [6.45, 7) is 0. The number of sulfonamides is 1. The van der Waals surface area contributed by atoms with Crippen LogP contribution in [-0.2, 0) is 16.4 Å². The van der Waals surface area contributed by atoms with Gasteiger partial charge in [-0.05, 0) is 91.6 Å². The summed E-state index contributed by atoms with van der Waals surface area (Å²) < 4.78 is 59.6. The predicted octanol–water partition coefficient (Wildman–Crippen LogP) is 5.69. The SMILES string of the molecule is NC1CCC(Nc2ncc3cc(-c4c(F)ccc(NS(=O)(=O)c5cc(Cl)cc6c5CCC6O)c4F)ccc3n2)CC1. The summed E-state index contributed by atoms with van der Waals surface area (Å²) >= 11 is 6.13. The molecule has 1 aromatic heterocycles. The molecule has 0 amide bonds. The van der Waals surface area contributed by atoms with Gasteiger partial charge in [-0.15, -0.1) is 0 Å². The highest BCUT2D eigenvalue weighted by atomic mass is 35.5. The van der Waals surface area contributed by atoms with E-state index in [4.69, 9.17) is 17.3 Å². The zero-order chi connectivity index (χ0) is 28.9. The molecule has 8 nitrogen and oxygen atoms in total. The number of hydrogen-bond acceptors (Lipinski definition) is 7. The van der Waals surface area contributed by atoms with Gasteiger partial charge in [0.05, 0.1) is 27.8 Å². The Balaban J connectivity index is 1.29. The van der Waals surface area contributed by atoms with Crippen LogP contribution < -0.4 is 15.8 Å². The minimum atomic E-state index is -4.32. The van der Waals surface area contributed by atoms with Crippen LogP contribution in [0.4, 0.5) is 20.4 Å². The lowest BCUT2D eigenvalue weighted by Gasteiger charge is -2.26. The fourth-order valence-corrected chi connectivity index (χ4v) is 7.35. The summed E-state index contributed by atoms with van der Waals surface area (Å²) in [5.41, 5.74) is 6.82. The van der Waals surface area contributed by atoms with Crippen LogP contribution in [0.3, 0.4) is 0 Å². The number of aliphatic hydroxyl groups excluding tert-OH is 1. The van der Waals surface area contributed by atoms with Crippen molar-refractivity contribution in [1.29, 1.82) is 0 Å². The van der Waals surface area contributed by atoms with E-state index in [1.807, 2.05) is 0 Å². The minimum Gasteiger partial charge on any atom is -0.388 e. The number of nitrogens with one attached hydrogen (secondary N) is 2. The van der Waals surface area contributed by atoms with Crippen molar-refractivity contribution >= 4 is 44.2 Å². The highest BCUT2D eigenvalue weighted by Crippen LogP contribution is 2.39.